The van der Waals surface area contributed by atoms with Gasteiger partial charge in [-0.15, -0.1) is 0 Å². The number of ether oxygens (including phenoxy) is 1. The number of thioether (sulfide) groups is 1. The van der Waals surface area contributed by atoms with Crippen molar-refractivity contribution in [3.63, 3.8) is 0 Å². The fraction of sp³-hybridized carbons (Fsp3) is 0.333. The van der Waals surface area contributed by atoms with Gasteiger partial charge in [-0.3, -0.25) is 4.79 Å². The van der Waals surface area contributed by atoms with Crippen molar-refractivity contribution in [2.75, 3.05) is 18.1 Å². The second-order valence-electron chi connectivity index (χ2n) is 7.44. The Morgan fingerprint density at radius 1 is 1.17 bits per heavy atom. The Hall–Kier alpha value is -2.03. The average molecular weight is 465 g/mol. The number of hydrogen-bond acceptors (Lipinski definition) is 5. The van der Waals surface area contributed by atoms with E-state index in [1.807, 2.05) is 36.1 Å². The summed E-state index contributed by atoms with van der Waals surface area (Å²) >= 11 is 7.22. The van der Waals surface area contributed by atoms with E-state index in [2.05, 4.69) is 4.99 Å². The van der Waals surface area contributed by atoms with Crippen LogP contribution in [0.3, 0.4) is 0 Å². The van der Waals surface area contributed by atoms with E-state index in [0.717, 1.165) is 11.1 Å². The summed E-state index contributed by atoms with van der Waals surface area (Å²) in [7, 11) is -3.08. The van der Waals surface area contributed by atoms with Gasteiger partial charge in [-0.05, 0) is 36.8 Å². The van der Waals surface area contributed by atoms with Crippen LogP contribution >= 0.6 is 23.4 Å². The highest BCUT2D eigenvalue weighted by Crippen LogP contribution is 2.39. The van der Waals surface area contributed by atoms with E-state index in [0.29, 0.717) is 22.5 Å². The van der Waals surface area contributed by atoms with E-state index in [-0.39, 0.29) is 29.4 Å². The van der Waals surface area contributed by atoms with Gasteiger partial charge in [0, 0.05) is 16.8 Å². The number of nitrogens with zero attached hydrogens (tertiary/aromatic N) is 2. The number of carbonyl (C=O) groups excluding carboxylic acids is 1. The topological polar surface area (TPSA) is 76.0 Å². The standard InChI is InChI=1S/C21H21ClN2O4S2/c1-14-2-4-15(5-3-14)10-24-18-12-30(26,27)13-19(18)29-21(24)23-20(25)11-28-17-8-6-16(22)7-9-17/h2-9,18-19H,10-13H2,1H3/t18-,19-/m1/s1. The fourth-order valence-electron chi connectivity index (χ4n) is 3.53. The number of rotatable bonds is 5. The summed E-state index contributed by atoms with van der Waals surface area (Å²) in [4.78, 5) is 18.6. The van der Waals surface area contributed by atoms with Crippen LogP contribution in [0.4, 0.5) is 0 Å². The number of fused-ring (bicyclic) bond motifs is 1. The van der Waals surface area contributed by atoms with E-state index in [4.69, 9.17) is 16.3 Å². The summed E-state index contributed by atoms with van der Waals surface area (Å²) in [5.74, 6) is 0.322. The first-order valence-corrected chi connectivity index (χ1v) is 12.6. The van der Waals surface area contributed by atoms with E-state index in [1.165, 1.54) is 11.8 Å². The third-order valence-corrected chi connectivity index (χ3v) is 8.54. The second-order valence-corrected chi connectivity index (χ2v) is 11.2. The highest BCUT2D eigenvalue weighted by Gasteiger charge is 2.48. The van der Waals surface area contributed by atoms with Crippen molar-refractivity contribution < 1.29 is 17.9 Å². The summed E-state index contributed by atoms with van der Waals surface area (Å²) < 4.78 is 29.7. The summed E-state index contributed by atoms with van der Waals surface area (Å²) in [6, 6.07) is 14.6. The first-order chi connectivity index (χ1) is 14.3. The lowest BCUT2D eigenvalue weighted by Crippen LogP contribution is -2.37. The van der Waals surface area contributed by atoms with Crippen LogP contribution in [0.1, 0.15) is 11.1 Å². The third kappa shape index (κ3) is 4.99. The molecule has 2 saturated heterocycles. The first kappa shape index (κ1) is 21.2. The van der Waals surface area contributed by atoms with Crippen LogP contribution < -0.4 is 4.74 Å². The van der Waals surface area contributed by atoms with Gasteiger partial charge in [0.2, 0.25) is 0 Å². The second kappa shape index (κ2) is 8.61. The molecule has 1 amide bonds. The molecular formula is C21H21ClN2O4S2. The number of benzene rings is 2. The monoisotopic (exact) mass is 464 g/mol. The molecule has 0 N–H and O–H groups in total. The maximum atomic E-state index is 12.4. The number of amidine groups is 1. The molecule has 2 atom stereocenters. The van der Waals surface area contributed by atoms with Gasteiger partial charge in [0.05, 0.1) is 17.5 Å². The van der Waals surface area contributed by atoms with Crippen LogP contribution in [0.5, 0.6) is 5.75 Å². The highest BCUT2D eigenvalue weighted by atomic mass is 35.5. The van der Waals surface area contributed by atoms with Gasteiger partial charge < -0.3 is 9.64 Å². The van der Waals surface area contributed by atoms with Crippen molar-refractivity contribution in [1.82, 2.24) is 4.90 Å². The molecule has 2 aromatic rings. The number of aryl methyl sites for hydroxylation is 1. The highest BCUT2D eigenvalue weighted by molar-refractivity contribution is 8.15. The molecule has 4 rings (SSSR count). The molecule has 30 heavy (non-hydrogen) atoms. The number of amides is 1. The van der Waals surface area contributed by atoms with Crippen molar-refractivity contribution in [3.8, 4) is 5.75 Å². The minimum Gasteiger partial charge on any atom is -0.484 e. The van der Waals surface area contributed by atoms with Gasteiger partial charge in [0.15, 0.2) is 21.6 Å². The van der Waals surface area contributed by atoms with E-state index in [9.17, 15) is 13.2 Å². The zero-order chi connectivity index (χ0) is 21.3. The van der Waals surface area contributed by atoms with Crippen LogP contribution in [0.25, 0.3) is 0 Å². The van der Waals surface area contributed by atoms with Crippen LogP contribution in [-0.2, 0) is 21.2 Å². The molecule has 2 aliphatic heterocycles. The molecule has 0 unspecified atom stereocenters. The molecule has 9 heteroatoms. The third-order valence-electron chi connectivity index (χ3n) is 5.04. The van der Waals surface area contributed by atoms with Crippen LogP contribution in [-0.4, -0.2) is 53.8 Å². The number of aliphatic imine (C=N–C) groups is 1. The summed E-state index contributed by atoms with van der Waals surface area (Å²) in [5.41, 5.74) is 2.20. The van der Waals surface area contributed by atoms with Gasteiger partial charge in [0.1, 0.15) is 5.75 Å². The maximum absolute atomic E-state index is 12.4. The largest absolute Gasteiger partial charge is 0.484 e. The average Bonchev–Trinajstić information content (AvgIpc) is 3.15. The van der Waals surface area contributed by atoms with E-state index in [1.54, 1.807) is 24.3 Å². The SMILES string of the molecule is Cc1ccc(CN2C(=NC(=O)COc3ccc(Cl)cc3)S[C@@H]3CS(=O)(=O)C[C@H]32)cc1. The molecule has 158 valence electrons. The van der Waals surface area contributed by atoms with Gasteiger partial charge in [-0.25, -0.2) is 8.42 Å². The first-order valence-electron chi connectivity index (χ1n) is 9.48. The van der Waals surface area contributed by atoms with Crippen LogP contribution in [0.15, 0.2) is 53.5 Å². The van der Waals surface area contributed by atoms with Gasteiger partial charge in [0.25, 0.3) is 5.91 Å². The normalized spacial score (nSPS) is 23.5. The smallest absolute Gasteiger partial charge is 0.285 e. The molecule has 0 spiro atoms. The molecule has 2 aliphatic rings. The van der Waals surface area contributed by atoms with Crippen LogP contribution in [0, 0.1) is 6.92 Å². The Labute approximate surface area is 185 Å². The molecule has 2 fully saturated rings. The molecule has 2 heterocycles. The van der Waals surface area contributed by atoms with E-state index < -0.39 is 15.7 Å². The Kier molecular flexibility index (Phi) is 6.09. The quantitative estimate of drug-likeness (QED) is 0.675. The van der Waals surface area contributed by atoms with Crippen molar-refractivity contribution in [2.45, 2.75) is 24.8 Å². The van der Waals surface area contributed by atoms with Crippen molar-refractivity contribution >= 4 is 44.3 Å². The number of carbonyl (C=O) groups is 1. The fourth-order valence-corrected chi connectivity index (χ4v) is 7.62. The molecule has 0 radical (unpaired) electrons. The molecule has 0 bridgehead atoms. The van der Waals surface area contributed by atoms with Gasteiger partial charge in [-0.1, -0.05) is 53.2 Å². The summed E-state index contributed by atoms with van der Waals surface area (Å²) in [6.45, 7) is 2.33. The molecule has 0 aliphatic carbocycles. The lowest BCUT2D eigenvalue weighted by Gasteiger charge is -2.24. The number of hydrogen-bond donors (Lipinski definition) is 0. The maximum Gasteiger partial charge on any atom is 0.285 e. The van der Waals surface area contributed by atoms with Gasteiger partial charge >= 0.3 is 0 Å². The molecule has 0 saturated carbocycles. The Balaban J connectivity index is 1.50. The zero-order valence-electron chi connectivity index (χ0n) is 16.3. The molecule has 0 aromatic heterocycles. The lowest BCUT2D eigenvalue weighted by molar-refractivity contribution is -0.119. The lowest BCUT2D eigenvalue weighted by atomic mass is 10.1. The van der Waals surface area contributed by atoms with Crippen molar-refractivity contribution in [3.05, 3.63) is 64.7 Å². The van der Waals surface area contributed by atoms with Gasteiger partial charge in [-0.2, -0.15) is 4.99 Å². The molecule has 2 aromatic carbocycles. The number of sulfone groups is 1. The molecular weight excluding hydrogens is 444 g/mol. The predicted octanol–water partition coefficient (Wildman–Crippen LogP) is 3.32. The van der Waals surface area contributed by atoms with Crippen molar-refractivity contribution in [2.24, 2.45) is 4.99 Å². The summed E-state index contributed by atoms with van der Waals surface area (Å²) in [5, 5.41) is 1.04. The Bertz CT molecular complexity index is 1070. The minimum atomic E-state index is -3.08. The van der Waals surface area contributed by atoms with Crippen molar-refractivity contribution in [1.29, 1.82) is 0 Å². The predicted molar refractivity (Wildman–Crippen MR) is 120 cm³/mol. The Morgan fingerprint density at radius 2 is 1.87 bits per heavy atom. The Morgan fingerprint density at radius 3 is 2.57 bits per heavy atom. The minimum absolute atomic E-state index is 0.0883. The van der Waals surface area contributed by atoms with E-state index >= 15 is 0 Å². The van der Waals surface area contributed by atoms with Crippen LogP contribution in [0.2, 0.25) is 5.02 Å². The molecule has 6 nitrogen and oxygen atoms in total. The zero-order valence-corrected chi connectivity index (χ0v) is 18.7. The summed E-state index contributed by atoms with van der Waals surface area (Å²) in [6.07, 6.45) is 0. The number of halogens is 1.